The second kappa shape index (κ2) is 4.12. The lowest BCUT2D eigenvalue weighted by Crippen LogP contribution is -2.26. The van der Waals surface area contributed by atoms with E-state index in [0.29, 0.717) is 0 Å². The van der Waals surface area contributed by atoms with E-state index in [1.54, 1.807) is 0 Å². The molecular weight excluding hydrogens is 197 g/mol. The molecule has 0 aliphatic heterocycles. The van der Waals surface area contributed by atoms with Crippen molar-refractivity contribution in [3.8, 4) is 0 Å². The zero-order valence-corrected chi connectivity index (χ0v) is 7.41. The van der Waals surface area contributed by atoms with Gasteiger partial charge in [-0.15, -0.1) is 0 Å². The summed E-state index contributed by atoms with van der Waals surface area (Å²) in [4.78, 5) is 7.87. The molecule has 1 heterocycles. The molecule has 1 aromatic rings. The van der Waals surface area contributed by atoms with Gasteiger partial charge in [-0.3, -0.25) is 0 Å². The van der Waals surface area contributed by atoms with E-state index in [1.165, 1.54) is 7.05 Å². The normalized spacial score (nSPS) is 10.6. The van der Waals surface area contributed by atoms with Gasteiger partial charge in [0, 0.05) is 7.05 Å². The van der Waals surface area contributed by atoms with Gasteiger partial charge in [-0.2, -0.15) is 4.39 Å². The second-order valence-corrected chi connectivity index (χ2v) is 2.67. The molecule has 7 heteroatoms. The number of hydrogen-bond donors (Lipinski definition) is 1. The first-order chi connectivity index (χ1) is 6.52. The zero-order chi connectivity index (χ0) is 10.7. The van der Waals surface area contributed by atoms with Crippen LogP contribution in [-0.4, -0.2) is 30.0 Å². The average Bonchev–Trinajstić information content (AvgIpc) is 2.08. The van der Waals surface area contributed by atoms with Crippen LogP contribution in [0.2, 0.25) is 0 Å². The second-order valence-electron chi connectivity index (χ2n) is 2.67. The van der Waals surface area contributed by atoms with E-state index in [-0.39, 0.29) is 11.5 Å². The van der Waals surface area contributed by atoms with Crippen LogP contribution in [0.15, 0.2) is 6.33 Å². The van der Waals surface area contributed by atoms with Gasteiger partial charge in [-0.05, 0) is 0 Å². The third kappa shape index (κ3) is 2.24. The van der Waals surface area contributed by atoms with Gasteiger partial charge >= 0.3 is 0 Å². The lowest BCUT2D eigenvalue weighted by molar-refractivity contribution is 0.156. The van der Waals surface area contributed by atoms with Gasteiger partial charge in [-0.25, -0.2) is 18.7 Å². The molecule has 4 nitrogen and oxygen atoms in total. The number of nitrogens with zero attached hydrogens (tertiary/aromatic N) is 3. The van der Waals surface area contributed by atoms with Crippen molar-refractivity contribution in [2.45, 2.75) is 6.43 Å². The highest BCUT2D eigenvalue weighted by atomic mass is 19.3. The Morgan fingerprint density at radius 3 is 2.71 bits per heavy atom. The first kappa shape index (κ1) is 10.6. The molecule has 0 saturated heterocycles. The molecule has 0 aromatic carbocycles. The fourth-order valence-corrected chi connectivity index (χ4v) is 0.963. The summed E-state index contributed by atoms with van der Waals surface area (Å²) in [5.74, 6) is -0.936. The van der Waals surface area contributed by atoms with Crippen molar-refractivity contribution in [3.63, 3.8) is 0 Å². The number of halogens is 3. The molecule has 14 heavy (non-hydrogen) atoms. The number of hydrogen-bond acceptors (Lipinski definition) is 4. The molecule has 1 rings (SSSR count). The summed E-state index contributed by atoms with van der Waals surface area (Å²) in [5, 5.41) is 0. The summed E-state index contributed by atoms with van der Waals surface area (Å²) in [6, 6.07) is 0. The van der Waals surface area contributed by atoms with Gasteiger partial charge in [0.05, 0.1) is 6.54 Å². The molecule has 0 saturated carbocycles. The van der Waals surface area contributed by atoms with Crippen LogP contribution < -0.4 is 10.6 Å². The van der Waals surface area contributed by atoms with E-state index in [2.05, 4.69) is 9.97 Å². The van der Waals surface area contributed by atoms with Crippen molar-refractivity contribution >= 4 is 11.5 Å². The van der Waals surface area contributed by atoms with E-state index < -0.39 is 18.9 Å². The van der Waals surface area contributed by atoms with Crippen LogP contribution in [0.25, 0.3) is 0 Å². The molecule has 2 N–H and O–H groups in total. The Morgan fingerprint density at radius 1 is 1.50 bits per heavy atom. The van der Waals surface area contributed by atoms with E-state index in [4.69, 9.17) is 5.73 Å². The number of aromatic nitrogens is 2. The van der Waals surface area contributed by atoms with Crippen molar-refractivity contribution in [3.05, 3.63) is 12.3 Å². The smallest absolute Gasteiger partial charge is 0.255 e. The first-order valence-electron chi connectivity index (χ1n) is 3.77. The molecule has 0 unspecified atom stereocenters. The summed E-state index contributed by atoms with van der Waals surface area (Å²) >= 11 is 0. The Morgan fingerprint density at radius 2 is 2.14 bits per heavy atom. The number of anilines is 2. The Kier molecular flexibility index (Phi) is 3.10. The molecular formula is C7H9F3N4. The minimum absolute atomic E-state index is 0.0298. The summed E-state index contributed by atoms with van der Waals surface area (Å²) in [5.41, 5.74) is 4.95. The van der Waals surface area contributed by atoms with Gasteiger partial charge in [0.2, 0.25) is 5.95 Å². The molecule has 78 valence electrons. The van der Waals surface area contributed by atoms with Gasteiger partial charge < -0.3 is 10.6 Å². The van der Waals surface area contributed by atoms with E-state index >= 15 is 0 Å². The zero-order valence-electron chi connectivity index (χ0n) is 7.41. The van der Waals surface area contributed by atoms with Gasteiger partial charge in [0.15, 0.2) is 5.82 Å². The number of rotatable bonds is 3. The standard InChI is InChI=1S/C7H9F3N4/c1-14(2-4(8)9)7-5(11)6(10)12-3-13-7/h3-4H,2,11H2,1H3. The quantitative estimate of drug-likeness (QED) is 0.746. The molecule has 1 aromatic heterocycles. The topological polar surface area (TPSA) is 55.0 Å². The fourth-order valence-electron chi connectivity index (χ4n) is 0.963. The molecule has 0 aliphatic carbocycles. The van der Waals surface area contributed by atoms with Crippen molar-refractivity contribution in [1.82, 2.24) is 9.97 Å². The Balaban J connectivity index is 2.89. The maximum atomic E-state index is 12.8. The summed E-state index contributed by atoms with van der Waals surface area (Å²) in [6.07, 6.45) is -1.60. The van der Waals surface area contributed by atoms with E-state index in [1.807, 2.05) is 0 Å². The molecule has 0 atom stereocenters. The van der Waals surface area contributed by atoms with Gasteiger partial charge in [0.1, 0.15) is 12.0 Å². The molecule has 0 bridgehead atoms. The molecule has 0 radical (unpaired) electrons. The van der Waals surface area contributed by atoms with Crippen molar-refractivity contribution in [1.29, 1.82) is 0 Å². The van der Waals surface area contributed by atoms with Crippen LogP contribution in [0.1, 0.15) is 0 Å². The maximum absolute atomic E-state index is 12.8. The third-order valence-corrected chi connectivity index (χ3v) is 1.59. The highest BCUT2D eigenvalue weighted by Crippen LogP contribution is 2.20. The largest absolute Gasteiger partial charge is 0.392 e. The van der Waals surface area contributed by atoms with Crippen LogP contribution in [-0.2, 0) is 0 Å². The van der Waals surface area contributed by atoms with Gasteiger partial charge in [-0.1, -0.05) is 0 Å². The molecule has 0 spiro atoms. The first-order valence-corrected chi connectivity index (χ1v) is 3.77. The molecule has 0 amide bonds. The minimum atomic E-state index is -2.53. The Hall–Kier alpha value is -1.53. The predicted molar refractivity (Wildman–Crippen MR) is 45.7 cm³/mol. The predicted octanol–water partition coefficient (Wildman–Crippen LogP) is 0.899. The van der Waals surface area contributed by atoms with Crippen LogP contribution in [0.3, 0.4) is 0 Å². The summed E-state index contributed by atoms with van der Waals surface area (Å²) in [7, 11) is 1.35. The van der Waals surface area contributed by atoms with Crippen molar-refractivity contribution < 1.29 is 13.2 Å². The van der Waals surface area contributed by atoms with Crippen molar-refractivity contribution in [2.75, 3.05) is 24.2 Å². The van der Waals surface area contributed by atoms with E-state index in [0.717, 1.165) is 11.2 Å². The maximum Gasteiger partial charge on any atom is 0.255 e. The Labute approximate surface area is 78.6 Å². The minimum Gasteiger partial charge on any atom is -0.392 e. The van der Waals surface area contributed by atoms with Crippen LogP contribution in [0.4, 0.5) is 24.7 Å². The lowest BCUT2D eigenvalue weighted by Gasteiger charge is -2.18. The van der Waals surface area contributed by atoms with Gasteiger partial charge in [0.25, 0.3) is 6.43 Å². The molecule has 0 aliphatic rings. The third-order valence-electron chi connectivity index (χ3n) is 1.59. The number of alkyl halides is 2. The van der Waals surface area contributed by atoms with Crippen molar-refractivity contribution in [2.24, 2.45) is 0 Å². The highest BCUT2D eigenvalue weighted by Gasteiger charge is 2.14. The average molecular weight is 206 g/mol. The fraction of sp³-hybridized carbons (Fsp3) is 0.429. The highest BCUT2D eigenvalue weighted by molar-refractivity contribution is 5.61. The van der Waals surface area contributed by atoms with Crippen LogP contribution in [0.5, 0.6) is 0 Å². The SMILES string of the molecule is CN(CC(F)F)c1ncnc(F)c1N. The van der Waals surface area contributed by atoms with E-state index in [9.17, 15) is 13.2 Å². The van der Waals surface area contributed by atoms with Crippen LogP contribution in [0, 0.1) is 5.95 Å². The summed E-state index contributed by atoms with van der Waals surface area (Å²) < 4.78 is 36.8. The Bertz CT molecular complexity index is 318. The lowest BCUT2D eigenvalue weighted by atomic mass is 10.4. The summed E-state index contributed by atoms with van der Waals surface area (Å²) in [6.45, 7) is -0.555. The van der Waals surface area contributed by atoms with Crippen LogP contribution >= 0.6 is 0 Å². The number of nitrogen functional groups attached to an aromatic ring is 1. The monoisotopic (exact) mass is 206 g/mol. The molecule has 0 fully saturated rings. The number of nitrogens with two attached hydrogens (primary N) is 1.